The Kier molecular flexibility index (Phi) is 3.00. The van der Waals surface area contributed by atoms with Gasteiger partial charge in [0.15, 0.2) is 5.78 Å². The topological polar surface area (TPSA) is 93.3 Å². The number of phenols is 1. The molecular formula is C11H5Cl2N5O2. The van der Waals surface area contributed by atoms with Crippen LogP contribution in [-0.2, 0) is 0 Å². The molecule has 0 spiro atoms. The second-order valence-electron chi connectivity index (χ2n) is 3.88. The molecule has 0 saturated carbocycles. The molecule has 100 valence electrons. The molecule has 0 aliphatic rings. The second kappa shape index (κ2) is 4.69. The number of hydrogen-bond donors (Lipinski definition) is 1. The van der Waals surface area contributed by atoms with Crippen LogP contribution in [0.3, 0.4) is 0 Å². The molecule has 2 aromatic heterocycles. The molecule has 0 fully saturated rings. The van der Waals surface area contributed by atoms with Crippen molar-refractivity contribution in [2.45, 2.75) is 0 Å². The van der Waals surface area contributed by atoms with Crippen LogP contribution in [-0.4, -0.2) is 35.9 Å². The first-order valence-corrected chi connectivity index (χ1v) is 6.08. The maximum Gasteiger partial charge on any atom is 0.273 e. The van der Waals surface area contributed by atoms with Gasteiger partial charge in [-0.2, -0.15) is 4.52 Å². The van der Waals surface area contributed by atoms with Crippen LogP contribution >= 0.6 is 23.2 Å². The number of tetrazole rings is 1. The number of nitrogens with zero attached hydrogens (tertiary/aromatic N) is 5. The van der Waals surface area contributed by atoms with Crippen molar-refractivity contribution >= 4 is 34.8 Å². The molecule has 0 amide bonds. The van der Waals surface area contributed by atoms with Crippen molar-refractivity contribution in [2.75, 3.05) is 0 Å². The number of carbonyl (C=O) groups excluding carboxylic acids is 1. The van der Waals surface area contributed by atoms with Gasteiger partial charge in [-0.05, 0) is 22.6 Å². The third-order valence-corrected chi connectivity index (χ3v) is 3.10. The van der Waals surface area contributed by atoms with Gasteiger partial charge in [0, 0.05) is 17.4 Å². The van der Waals surface area contributed by atoms with Gasteiger partial charge in [-0.1, -0.05) is 28.3 Å². The van der Waals surface area contributed by atoms with Crippen LogP contribution in [0.5, 0.6) is 5.75 Å². The normalized spacial score (nSPS) is 10.9. The molecule has 3 rings (SSSR count). The molecule has 0 bridgehead atoms. The van der Waals surface area contributed by atoms with Crippen molar-refractivity contribution in [3.8, 4) is 5.75 Å². The lowest BCUT2D eigenvalue weighted by Gasteiger charge is -2.06. The van der Waals surface area contributed by atoms with Gasteiger partial charge >= 0.3 is 0 Å². The summed E-state index contributed by atoms with van der Waals surface area (Å²) in [6.07, 6.45) is 2.71. The first kappa shape index (κ1) is 12.8. The second-order valence-corrected chi connectivity index (χ2v) is 4.72. The summed E-state index contributed by atoms with van der Waals surface area (Å²) >= 11 is 11.6. The third-order valence-electron chi connectivity index (χ3n) is 2.59. The van der Waals surface area contributed by atoms with E-state index < -0.39 is 5.78 Å². The van der Waals surface area contributed by atoms with Gasteiger partial charge in [0.1, 0.15) is 5.75 Å². The van der Waals surface area contributed by atoms with Gasteiger partial charge in [0.05, 0.1) is 16.1 Å². The van der Waals surface area contributed by atoms with E-state index in [1.807, 2.05) is 0 Å². The number of rotatable bonds is 2. The highest BCUT2D eigenvalue weighted by molar-refractivity contribution is 6.36. The van der Waals surface area contributed by atoms with Crippen LogP contribution in [0.1, 0.15) is 15.9 Å². The zero-order chi connectivity index (χ0) is 14.3. The minimum atomic E-state index is -0.489. The molecule has 3 aromatic rings. The van der Waals surface area contributed by atoms with E-state index in [4.69, 9.17) is 23.2 Å². The lowest BCUT2D eigenvalue weighted by Crippen LogP contribution is -2.05. The standard InChI is InChI=1S/C11H5Cl2N5O2/c12-6-1-7(10(20)8(13)2-6)9(19)5-3-14-11-15-16-17-18(11)4-5/h1-4,20H. The average Bonchev–Trinajstić information content (AvgIpc) is 2.89. The molecule has 7 nitrogen and oxygen atoms in total. The first-order valence-electron chi connectivity index (χ1n) is 5.32. The van der Waals surface area contributed by atoms with Crippen LogP contribution in [0.25, 0.3) is 5.78 Å². The molecule has 0 atom stereocenters. The molecule has 0 unspecified atom stereocenters. The van der Waals surface area contributed by atoms with Crippen LogP contribution in [0.4, 0.5) is 0 Å². The Morgan fingerprint density at radius 1 is 1.30 bits per heavy atom. The summed E-state index contributed by atoms with van der Waals surface area (Å²) in [5, 5.41) is 20.8. The molecule has 9 heteroatoms. The van der Waals surface area contributed by atoms with E-state index in [1.54, 1.807) is 0 Å². The molecule has 0 saturated heterocycles. The number of hydrogen-bond acceptors (Lipinski definition) is 6. The van der Waals surface area contributed by atoms with Crippen LogP contribution in [0.2, 0.25) is 10.0 Å². The fourth-order valence-electron chi connectivity index (χ4n) is 1.66. The molecule has 0 radical (unpaired) electrons. The predicted octanol–water partition coefficient (Wildman–Crippen LogP) is 1.76. The Bertz CT molecular complexity index is 833. The molecule has 0 aliphatic carbocycles. The minimum absolute atomic E-state index is 0.00249. The van der Waals surface area contributed by atoms with Crippen molar-refractivity contribution in [1.29, 1.82) is 0 Å². The van der Waals surface area contributed by atoms with E-state index in [-0.39, 0.29) is 32.7 Å². The zero-order valence-electron chi connectivity index (χ0n) is 9.66. The van der Waals surface area contributed by atoms with Crippen LogP contribution in [0.15, 0.2) is 24.5 Å². The highest BCUT2D eigenvalue weighted by atomic mass is 35.5. The van der Waals surface area contributed by atoms with E-state index in [9.17, 15) is 9.90 Å². The Labute approximate surface area is 121 Å². The largest absolute Gasteiger partial charge is 0.506 e. The first-order chi connectivity index (χ1) is 9.56. The fourth-order valence-corrected chi connectivity index (χ4v) is 2.16. The van der Waals surface area contributed by atoms with Gasteiger partial charge in [0.25, 0.3) is 5.78 Å². The number of ketones is 1. The maximum atomic E-state index is 12.3. The number of aromatic nitrogens is 5. The molecule has 1 aromatic carbocycles. The number of benzene rings is 1. The Hall–Kier alpha value is -2.25. The van der Waals surface area contributed by atoms with E-state index in [0.29, 0.717) is 0 Å². The SMILES string of the molecule is O=C(c1cnc2nnnn2c1)c1cc(Cl)cc(Cl)c1O. The third kappa shape index (κ3) is 2.06. The Morgan fingerprint density at radius 3 is 2.90 bits per heavy atom. The predicted molar refractivity (Wildman–Crippen MR) is 70.1 cm³/mol. The minimum Gasteiger partial charge on any atom is -0.506 e. The van der Waals surface area contributed by atoms with Crippen molar-refractivity contribution in [3.63, 3.8) is 0 Å². The van der Waals surface area contributed by atoms with Crippen molar-refractivity contribution in [3.05, 3.63) is 45.7 Å². The van der Waals surface area contributed by atoms with Crippen molar-refractivity contribution in [1.82, 2.24) is 25.0 Å². The quantitative estimate of drug-likeness (QED) is 0.725. The summed E-state index contributed by atoms with van der Waals surface area (Å²) in [6, 6.07) is 2.67. The molecule has 0 aliphatic heterocycles. The van der Waals surface area contributed by atoms with E-state index in [0.717, 1.165) is 0 Å². The van der Waals surface area contributed by atoms with Gasteiger partial charge in [-0.15, -0.1) is 0 Å². The Balaban J connectivity index is 2.12. The number of phenolic OH excluding ortho intramolecular Hbond substituents is 1. The molecule has 20 heavy (non-hydrogen) atoms. The van der Waals surface area contributed by atoms with Crippen LogP contribution < -0.4 is 0 Å². The molecular weight excluding hydrogens is 305 g/mol. The highest BCUT2D eigenvalue weighted by Gasteiger charge is 2.18. The number of fused-ring (bicyclic) bond motifs is 1. The maximum absolute atomic E-state index is 12.3. The number of halogens is 2. The van der Waals surface area contributed by atoms with E-state index in [2.05, 4.69) is 20.5 Å². The van der Waals surface area contributed by atoms with Gasteiger partial charge < -0.3 is 5.11 Å². The highest BCUT2D eigenvalue weighted by Crippen LogP contribution is 2.32. The number of aromatic hydroxyl groups is 1. The molecule has 1 N–H and O–H groups in total. The smallest absolute Gasteiger partial charge is 0.273 e. The van der Waals surface area contributed by atoms with E-state index in [1.165, 1.54) is 29.0 Å². The lowest BCUT2D eigenvalue weighted by atomic mass is 10.1. The summed E-state index contributed by atoms with van der Waals surface area (Å²) in [5.74, 6) is -0.565. The monoisotopic (exact) mass is 309 g/mol. The summed E-state index contributed by atoms with van der Waals surface area (Å²) in [7, 11) is 0. The molecule has 2 heterocycles. The van der Waals surface area contributed by atoms with Gasteiger partial charge in [-0.25, -0.2) is 4.98 Å². The summed E-state index contributed by atoms with van der Waals surface area (Å²) < 4.78 is 1.25. The average molecular weight is 310 g/mol. The van der Waals surface area contributed by atoms with E-state index >= 15 is 0 Å². The van der Waals surface area contributed by atoms with Crippen molar-refractivity contribution < 1.29 is 9.90 Å². The Morgan fingerprint density at radius 2 is 2.10 bits per heavy atom. The summed E-state index contributed by atoms with van der Waals surface area (Å²) in [5.41, 5.74) is 0.176. The number of carbonyl (C=O) groups is 1. The summed E-state index contributed by atoms with van der Waals surface area (Å²) in [4.78, 5) is 16.3. The van der Waals surface area contributed by atoms with Gasteiger partial charge in [0.2, 0.25) is 0 Å². The zero-order valence-corrected chi connectivity index (χ0v) is 11.2. The van der Waals surface area contributed by atoms with Gasteiger partial charge in [-0.3, -0.25) is 4.79 Å². The van der Waals surface area contributed by atoms with Crippen LogP contribution in [0, 0.1) is 0 Å². The summed E-state index contributed by atoms with van der Waals surface area (Å²) in [6.45, 7) is 0. The lowest BCUT2D eigenvalue weighted by molar-refractivity contribution is 0.103. The van der Waals surface area contributed by atoms with Crippen molar-refractivity contribution in [2.24, 2.45) is 0 Å². The fraction of sp³-hybridized carbons (Fsp3) is 0.